The number of carbonyl (C=O) groups excluding carboxylic acids is 1. The van der Waals surface area contributed by atoms with E-state index in [4.69, 9.17) is 4.74 Å². The highest BCUT2D eigenvalue weighted by Gasteiger charge is 2.33. The number of hydrogen-bond acceptors (Lipinski definition) is 3. The topological polar surface area (TPSA) is 68.2 Å². The lowest BCUT2D eigenvalue weighted by Crippen LogP contribution is -2.46. The molecule has 1 aromatic heterocycles. The normalized spacial score (nSPS) is 27.8. The highest BCUT2D eigenvalue weighted by molar-refractivity contribution is 5.75. The summed E-state index contributed by atoms with van der Waals surface area (Å²) in [6, 6.07) is 0.0312. The molecule has 1 aliphatic carbocycles. The van der Waals surface area contributed by atoms with Gasteiger partial charge in [-0.25, -0.2) is 4.79 Å². The van der Waals surface area contributed by atoms with Gasteiger partial charge in [0.05, 0.1) is 12.2 Å². The number of nitrogens with zero attached hydrogens (tertiary/aromatic N) is 2. The van der Waals surface area contributed by atoms with E-state index in [0.717, 1.165) is 36.9 Å². The van der Waals surface area contributed by atoms with Crippen molar-refractivity contribution >= 4 is 6.03 Å². The van der Waals surface area contributed by atoms with Crippen molar-refractivity contribution < 1.29 is 9.53 Å². The molecule has 0 radical (unpaired) electrons. The van der Waals surface area contributed by atoms with Gasteiger partial charge < -0.3 is 15.4 Å². The van der Waals surface area contributed by atoms with Crippen molar-refractivity contribution in [1.29, 1.82) is 0 Å². The van der Waals surface area contributed by atoms with Crippen LogP contribution in [0.2, 0.25) is 0 Å². The molecule has 1 fully saturated rings. The third-order valence-corrected chi connectivity index (χ3v) is 4.56. The molecule has 120 valence electrons. The van der Waals surface area contributed by atoms with Crippen LogP contribution in [0.4, 0.5) is 4.79 Å². The molecule has 0 bridgehead atoms. The SMILES string of the molecule is Cc1c([C@H]2OCC[C@@H]2NC(=O)N[C@@H]2C=CCCC2)cnn1C. The molecule has 1 aromatic rings. The largest absolute Gasteiger partial charge is 0.371 e. The van der Waals surface area contributed by atoms with E-state index >= 15 is 0 Å². The molecule has 0 unspecified atom stereocenters. The van der Waals surface area contributed by atoms with Crippen LogP contribution in [-0.4, -0.2) is 34.5 Å². The van der Waals surface area contributed by atoms with E-state index in [2.05, 4.69) is 27.9 Å². The number of nitrogens with one attached hydrogen (secondary N) is 2. The molecular formula is C16H24N4O2. The Labute approximate surface area is 130 Å². The number of urea groups is 1. The smallest absolute Gasteiger partial charge is 0.315 e. The van der Waals surface area contributed by atoms with Gasteiger partial charge in [0.15, 0.2) is 0 Å². The maximum atomic E-state index is 12.2. The zero-order chi connectivity index (χ0) is 15.5. The standard InChI is InChI=1S/C16H24N4O2/c1-11-13(10-17-20(11)2)15-14(8-9-22-15)19-16(21)18-12-6-4-3-5-7-12/h4,6,10,12,14-15H,3,5,7-9H2,1-2H3,(H2,18,19,21)/t12-,14+,15-/m1/s1. The highest BCUT2D eigenvalue weighted by atomic mass is 16.5. The van der Waals surface area contributed by atoms with Crippen LogP contribution in [0, 0.1) is 6.92 Å². The minimum atomic E-state index is -0.112. The van der Waals surface area contributed by atoms with Crippen LogP contribution < -0.4 is 10.6 Å². The fourth-order valence-corrected chi connectivity index (χ4v) is 3.15. The van der Waals surface area contributed by atoms with E-state index in [-0.39, 0.29) is 24.2 Å². The number of aromatic nitrogens is 2. The predicted octanol–water partition coefficient (Wildman–Crippen LogP) is 1.97. The van der Waals surface area contributed by atoms with Crippen molar-refractivity contribution in [2.45, 2.75) is 50.8 Å². The van der Waals surface area contributed by atoms with Crippen LogP contribution in [0.5, 0.6) is 0 Å². The van der Waals surface area contributed by atoms with Gasteiger partial charge in [0.1, 0.15) is 6.10 Å². The molecule has 6 heteroatoms. The van der Waals surface area contributed by atoms with Gasteiger partial charge >= 0.3 is 6.03 Å². The van der Waals surface area contributed by atoms with Crippen LogP contribution >= 0.6 is 0 Å². The number of allylic oxidation sites excluding steroid dienone is 1. The maximum absolute atomic E-state index is 12.2. The number of carbonyl (C=O) groups is 1. The van der Waals surface area contributed by atoms with Crippen LogP contribution in [0.1, 0.15) is 43.0 Å². The van der Waals surface area contributed by atoms with Crippen molar-refractivity contribution in [3.8, 4) is 0 Å². The van der Waals surface area contributed by atoms with E-state index in [1.54, 1.807) is 0 Å². The Kier molecular flexibility index (Phi) is 4.47. The lowest BCUT2D eigenvalue weighted by molar-refractivity contribution is 0.0992. The summed E-state index contributed by atoms with van der Waals surface area (Å²) >= 11 is 0. The predicted molar refractivity (Wildman–Crippen MR) is 83.5 cm³/mol. The number of hydrogen-bond donors (Lipinski definition) is 2. The molecule has 1 aliphatic heterocycles. The fraction of sp³-hybridized carbons (Fsp3) is 0.625. The van der Waals surface area contributed by atoms with Gasteiger partial charge in [-0.2, -0.15) is 5.10 Å². The van der Waals surface area contributed by atoms with Gasteiger partial charge in [0.2, 0.25) is 0 Å². The molecule has 2 aliphatic rings. The quantitative estimate of drug-likeness (QED) is 0.839. The Morgan fingerprint density at radius 3 is 2.95 bits per heavy atom. The molecule has 6 nitrogen and oxygen atoms in total. The lowest BCUT2D eigenvalue weighted by atomic mass is 10.0. The molecule has 1 saturated heterocycles. The molecule has 0 saturated carbocycles. The molecular weight excluding hydrogens is 280 g/mol. The lowest BCUT2D eigenvalue weighted by Gasteiger charge is -2.23. The zero-order valence-electron chi connectivity index (χ0n) is 13.2. The molecule has 3 rings (SSSR count). The molecule has 0 spiro atoms. The van der Waals surface area contributed by atoms with Crippen molar-refractivity contribution in [2.75, 3.05) is 6.61 Å². The molecule has 2 amide bonds. The Bertz CT molecular complexity index is 566. The van der Waals surface area contributed by atoms with Crippen LogP contribution in [0.15, 0.2) is 18.3 Å². The first-order valence-electron chi connectivity index (χ1n) is 7.99. The van der Waals surface area contributed by atoms with Gasteiger partial charge in [-0.05, 0) is 32.6 Å². The summed E-state index contributed by atoms with van der Waals surface area (Å²) in [6.07, 6.45) is 10.0. The van der Waals surface area contributed by atoms with Crippen LogP contribution in [-0.2, 0) is 11.8 Å². The van der Waals surface area contributed by atoms with Crippen molar-refractivity contribution in [3.05, 3.63) is 29.6 Å². The van der Waals surface area contributed by atoms with Crippen LogP contribution in [0.25, 0.3) is 0 Å². The van der Waals surface area contributed by atoms with E-state index in [1.807, 2.05) is 24.9 Å². The summed E-state index contributed by atoms with van der Waals surface area (Å²) in [5.74, 6) is 0. The van der Waals surface area contributed by atoms with Gasteiger partial charge in [-0.15, -0.1) is 0 Å². The third-order valence-electron chi connectivity index (χ3n) is 4.56. The van der Waals surface area contributed by atoms with Gasteiger partial charge in [0.25, 0.3) is 0 Å². The van der Waals surface area contributed by atoms with Crippen LogP contribution in [0.3, 0.4) is 0 Å². The first kappa shape index (κ1) is 15.1. The number of rotatable bonds is 3. The molecule has 0 aromatic carbocycles. The van der Waals surface area contributed by atoms with Gasteiger partial charge in [-0.3, -0.25) is 4.68 Å². The van der Waals surface area contributed by atoms with Crippen molar-refractivity contribution in [1.82, 2.24) is 20.4 Å². The monoisotopic (exact) mass is 304 g/mol. The minimum absolute atomic E-state index is 0.00419. The Hall–Kier alpha value is -1.82. The van der Waals surface area contributed by atoms with Crippen molar-refractivity contribution in [2.24, 2.45) is 7.05 Å². The Balaban J connectivity index is 1.61. The second kappa shape index (κ2) is 6.52. The first-order chi connectivity index (χ1) is 10.6. The van der Waals surface area contributed by atoms with E-state index < -0.39 is 0 Å². The summed E-state index contributed by atoms with van der Waals surface area (Å²) in [5, 5.41) is 10.4. The second-order valence-corrected chi connectivity index (χ2v) is 6.08. The minimum Gasteiger partial charge on any atom is -0.371 e. The zero-order valence-corrected chi connectivity index (χ0v) is 13.2. The third kappa shape index (κ3) is 3.16. The fourth-order valence-electron chi connectivity index (χ4n) is 3.15. The molecule has 3 atom stereocenters. The first-order valence-corrected chi connectivity index (χ1v) is 7.99. The van der Waals surface area contributed by atoms with Gasteiger partial charge in [-0.1, -0.05) is 12.2 Å². The number of amides is 2. The van der Waals surface area contributed by atoms with E-state index in [1.165, 1.54) is 0 Å². The second-order valence-electron chi connectivity index (χ2n) is 6.08. The molecule has 22 heavy (non-hydrogen) atoms. The van der Waals surface area contributed by atoms with E-state index in [9.17, 15) is 4.79 Å². The molecule has 2 heterocycles. The van der Waals surface area contributed by atoms with E-state index in [0.29, 0.717) is 6.61 Å². The summed E-state index contributed by atoms with van der Waals surface area (Å²) < 4.78 is 7.66. The Morgan fingerprint density at radius 1 is 1.41 bits per heavy atom. The summed E-state index contributed by atoms with van der Waals surface area (Å²) in [4.78, 5) is 12.2. The molecule has 2 N–H and O–H groups in total. The highest BCUT2D eigenvalue weighted by Crippen LogP contribution is 2.30. The summed E-state index contributed by atoms with van der Waals surface area (Å²) in [7, 11) is 1.92. The summed E-state index contributed by atoms with van der Waals surface area (Å²) in [6.45, 7) is 2.68. The summed E-state index contributed by atoms with van der Waals surface area (Å²) in [5.41, 5.74) is 2.14. The number of ether oxygens (including phenoxy) is 1. The van der Waals surface area contributed by atoms with Gasteiger partial charge in [0, 0.05) is 31.0 Å². The average molecular weight is 304 g/mol. The maximum Gasteiger partial charge on any atom is 0.315 e. The Morgan fingerprint density at radius 2 is 2.27 bits per heavy atom. The number of aryl methyl sites for hydroxylation is 1. The van der Waals surface area contributed by atoms with Crippen molar-refractivity contribution in [3.63, 3.8) is 0 Å². The average Bonchev–Trinajstić information content (AvgIpc) is 3.08.